The van der Waals surface area contributed by atoms with Crippen LogP contribution in [-0.2, 0) is 28.8 Å². The van der Waals surface area contributed by atoms with E-state index >= 15 is 0 Å². The lowest BCUT2D eigenvalue weighted by atomic mass is 9.98. The summed E-state index contributed by atoms with van der Waals surface area (Å²) in [5, 5.41) is 2.87. The van der Waals surface area contributed by atoms with Crippen molar-refractivity contribution < 1.29 is 13.9 Å². The lowest BCUT2D eigenvalue weighted by Gasteiger charge is -2.26. The molecule has 1 amide bonds. The summed E-state index contributed by atoms with van der Waals surface area (Å²) >= 11 is 0. The first-order chi connectivity index (χ1) is 15.2. The molecule has 6 heteroatoms. The summed E-state index contributed by atoms with van der Waals surface area (Å²) in [5.74, 6) is -0.487. The fraction of sp³-hybridized carbons (Fsp3) is 0.480. The molecular formula is C25H30FN3O2. The average Bonchev–Trinajstić information content (AvgIpc) is 3.14. The van der Waals surface area contributed by atoms with E-state index in [2.05, 4.69) is 15.2 Å². The Hall–Kier alpha value is -2.44. The Bertz CT molecular complexity index is 1000. The van der Waals surface area contributed by atoms with E-state index in [1.54, 1.807) is 6.07 Å². The van der Waals surface area contributed by atoms with E-state index in [1.807, 2.05) is 6.08 Å². The van der Waals surface area contributed by atoms with Crippen molar-refractivity contribution in [1.82, 2.24) is 9.88 Å². The Balaban J connectivity index is 1.45. The molecule has 1 aromatic carbocycles. The van der Waals surface area contributed by atoms with Crippen LogP contribution in [0.25, 0.3) is 11.6 Å². The molecule has 3 heterocycles. The molecule has 2 aliphatic heterocycles. The summed E-state index contributed by atoms with van der Waals surface area (Å²) in [6.07, 6.45) is 9.85. The smallest absolute Gasteiger partial charge is 0.256 e. The maximum Gasteiger partial charge on any atom is 0.256 e. The molecular weight excluding hydrogens is 393 g/mol. The number of morpholine rings is 1. The first-order valence-corrected chi connectivity index (χ1v) is 11.5. The van der Waals surface area contributed by atoms with Gasteiger partial charge in [0.1, 0.15) is 5.82 Å². The SMILES string of the molecule is O=C1Nc2ccc(F)cc2C1=Cc1[nH]c2c(c1CCCN1CCOCC1)CCCCC2. The van der Waals surface area contributed by atoms with Crippen LogP contribution < -0.4 is 5.32 Å². The number of carbonyl (C=O) groups is 1. The maximum atomic E-state index is 13.9. The number of ether oxygens (including phenoxy) is 1. The van der Waals surface area contributed by atoms with E-state index in [-0.39, 0.29) is 11.7 Å². The van der Waals surface area contributed by atoms with Gasteiger partial charge in [-0.2, -0.15) is 0 Å². The fourth-order valence-electron chi connectivity index (χ4n) is 5.11. The van der Waals surface area contributed by atoms with Gasteiger partial charge in [0.15, 0.2) is 0 Å². The molecule has 3 aliphatic rings. The normalized spacial score (nSPS) is 20.4. The van der Waals surface area contributed by atoms with Gasteiger partial charge in [-0.1, -0.05) is 6.42 Å². The van der Waals surface area contributed by atoms with Gasteiger partial charge in [0.05, 0.1) is 18.8 Å². The highest BCUT2D eigenvalue weighted by Gasteiger charge is 2.26. The van der Waals surface area contributed by atoms with Crippen molar-refractivity contribution in [1.29, 1.82) is 0 Å². The van der Waals surface area contributed by atoms with E-state index in [0.717, 1.165) is 64.2 Å². The van der Waals surface area contributed by atoms with Gasteiger partial charge in [0, 0.05) is 35.7 Å². The highest BCUT2D eigenvalue weighted by Crippen LogP contribution is 2.35. The predicted octanol–water partition coefficient (Wildman–Crippen LogP) is 4.18. The molecule has 0 spiro atoms. The minimum Gasteiger partial charge on any atom is -0.379 e. The van der Waals surface area contributed by atoms with Crippen molar-refractivity contribution in [2.24, 2.45) is 0 Å². The Kier molecular flexibility index (Phi) is 5.92. The standard InChI is InChI=1S/C25H30FN3O2/c26-17-8-9-23-20(15-17)21(25(30)28-23)16-24-19(6-4-10-29-11-13-31-14-12-29)18-5-2-1-3-7-22(18)27-24/h8-9,15-16,27H,1-7,10-14H2,(H,28,30). The molecule has 0 radical (unpaired) electrons. The van der Waals surface area contributed by atoms with Gasteiger partial charge < -0.3 is 15.0 Å². The third-order valence-electron chi connectivity index (χ3n) is 6.75. The number of halogens is 1. The van der Waals surface area contributed by atoms with Crippen LogP contribution in [0.2, 0.25) is 0 Å². The largest absolute Gasteiger partial charge is 0.379 e. The van der Waals surface area contributed by atoms with Crippen LogP contribution in [0.4, 0.5) is 10.1 Å². The number of aryl methyl sites for hydroxylation is 1. The Morgan fingerprint density at radius 1 is 1.13 bits per heavy atom. The van der Waals surface area contributed by atoms with E-state index < -0.39 is 0 Å². The van der Waals surface area contributed by atoms with E-state index in [0.29, 0.717) is 16.8 Å². The van der Waals surface area contributed by atoms with E-state index in [1.165, 1.54) is 48.2 Å². The van der Waals surface area contributed by atoms with E-state index in [4.69, 9.17) is 4.74 Å². The van der Waals surface area contributed by atoms with Gasteiger partial charge >= 0.3 is 0 Å². The lowest BCUT2D eigenvalue weighted by Crippen LogP contribution is -2.37. The van der Waals surface area contributed by atoms with Crippen molar-refractivity contribution in [2.75, 3.05) is 38.2 Å². The molecule has 0 atom stereocenters. The summed E-state index contributed by atoms with van der Waals surface area (Å²) in [5.41, 5.74) is 7.01. The number of amides is 1. The average molecular weight is 424 g/mol. The van der Waals surface area contributed by atoms with Crippen LogP contribution in [0.5, 0.6) is 0 Å². The number of nitrogens with zero attached hydrogens (tertiary/aromatic N) is 1. The molecule has 1 saturated heterocycles. The highest BCUT2D eigenvalue weighted by atomic mass is 19.1. The topological polar surface area (TPSA) is 57.4 Å². The molecule has 164 valence electrons. The molecule has 0 unspecified atom stereocenters. The number of hydrogen-bond donors (Lipinski definition) is 2. The number of nitrogens with one attached hydrogen (secondary N) is 2. The Morgan fingerprint density at radius 2 is 1.97 bits per heavy atom. The molecule has 5 rings (SSSR count). The summed E-state index contributed by atoms with van der Waals surface area (Å²) in [6, 6.07) is 4.47. The first-order valence-electron chi connectivity index (χ1n) is 11.5. The van der Waals surface area contributed by atoms with Crippen LogP contribution in [0, 0.1) is 5.82 Å². The number of rotatable bonds is 5. The second kappa shape index (κ2) is 8.97. The highest BCUT2D eigenvalue weighted by molar-refractivity contribution is 6.34. The van der Waals surface area contributed by atoms with Crippen molar-refractivity contribution in [2.45, 2.75) is 44.9 Å². The number of aromatic nitrogens is 1. The van der Waals surface area contributed by atoms with Crippen LogP contribution in [-0.4, -0.2) is 48.6 Å². The van der Waals surface area contributed by atoms with Gasteiger partial charge in [-0.05, 0) is 80.5 Å². The third-order valence-corrected chi connectivity index (χ3v) is 6.75. The van der Waals surface area contributed by atoms with Crippen LogP contribution in [0.3, 0.4) is 0 Å². The first kappa shape index (κ1) is 20.5. The number of benzene rings is 1. The molecule has 31 heavy (non-hydrogen) atoms. The zero-order valence-electron chi connectivity index (χ0n) is 17.9. The third kappa shape index (κ3) is 4.32. The maximum absolute atomic E-state index is 13.9. The zero-order chi connectivity index (χ0) is 21.2. The molecule has 0 saturated carbocycles. The van der Waals surface area contributed by atoms with E-state index in [9.17, 15) is 9.18 Å². The lowest BCUT2D eigenvalue weighted by molar-refractivity contribution is -0.110. The number of H-pyrrole nitrogens is 1. The second-order valence-corrected chi connectivity index (χ2v) is 8.79. The molecule has 1 fully saturated rings. The number of fused-ring (bicyclic) bond motifs is 2. The molecule has 5 nitrogen and oxygen atoms in total. The number of carbonyl (C=O) groups excluding carboxylic acids is 1. The fourth-order valence-corrected chi connectivity index (χ4v) is 5.11. The van der Waals surface area contributed by atoms with Gasteiger partial charge in [-0.15, -0.1) is 0 Å². The van der Waals surface area contributed by atoms with Crippen molar-refractivity contribution in [3.63, 3.8) is 0 Å². The van der Waals surface area contributed by atoms with Gasteiger partial charge in [-0.3, -0.25) is 9.69 Å². The summed E-state index contributed by atoms with van der Waals surface area (Å²) in [7, 11) is 0. The summed E-state index contributed by atoms with van der Waals surface area (Å²) < 4.78 is 19.3. The van der Waals surface area contributed by atoms with Crippen molar-refractivity contribution in [3.05, 3.63) is 52.1 Å². The van der Waals surface area contributed by atoms with Crippen LogP contribution >= 0.6 is 0 Å². The second-order valence-electron chi connectivity index (χ2n) is 8.79. The molecule has 1 aliphatic carbocycles. The Labute approximate surface area is 182 Å². The minimum absolute atomic E-state index is 0.162. The zero-order valence-corrected chi connectivity index (χ0v) is 17.9. The number of aromatic amines is 1. The molecule has 0 bridgehead atoms. The quantitative estimate of drug-likeness (QED) is 0.560. The van der Waals surface area contributed by atoms with Gasteiger partial charge in [-0.25, -0.2) is 4.39 Å². The van der Waals surface area contributed by atoms with Crippen LogP contribution in [0.1, 0.15) is 53.8 Å². The number of hydrogen-bond acceptors (Lipinski definition) is 3. The summed E-state index contributed by atoms with van der Waals surface area (Å²) in [6.45, 7) is 4.72. The van der Waals surface area contributed by atoms with Gasteiger partial charge in [0.25, 0.3) is 5.91 Å². The minimum atomic E-state index is -0.325. The molecule has 2 N–H and O–H groups in total. The summed E-state index contributed by atoms with van der Waals surface area (Å²) in [4.78, 5) is 18.8. The molecule has 2 aromatic rings. The van der Waals surface area contributed by atoms with Crippen molar-refractivity contribution >= 4 is 23.2 Å². The molecule has 1 aromatic heterocycles. The predicted molar refractivity (Wildman–Crippen MR) is 121 cm³/mol. The van der Waals surface area contributed by atoms with Crippen molar-refractivity contribution in [3.8, 4) is 0 Å². The Morgan fingerprint density at radius 3 is 2.84 bits per heavy atom. The van der Waals surface area contributed by atoms with Gasteiger partial charge in [0.2, 0.25) is 0 Å². The number of anilines is 1. The van der Waals surface area contributed by atoms with Crippen LogP contribution in [0.15, 0.2) is 18.2 Å². The monoisotopic (exact) mass is 423 g/mol.